The molecule has 1 aliphatic rings. The molecule has 1 aromatic heterocycles. The first-order valence-electron chi connectivity index (χ1n) is 6.65. The van der Waals surface area contributed by atoms with Crippen LogP contribution in [0.5, 0.6) is 5.88 Å². The Bertz CT molecular complexity index is 614. The van der Waals surface area contributed by atoms with Gasteiger partial charge in [0.15, 0.2) is 0 Å². The van der Waals surface area contributed by atoms with Gasteiger partial charge in [-0.2, -0.15) is 0 Å². The van der Waals surface area contributed by atoms with Crippen molar-refractivity contribution in [3.05, 3.63) is 41.2 Å². The standard InChI is InChI=1S/C15H16ClN3O/c1-20-15-14(17-6-7-18-15)10-2-3-11(13(16)8-10)9-19-12-4-5-12/h2-3,6-8,12,19H,4-5,9H2,1H3. The lowest BCUT2D eigenvalue weighted by molar-refractivity contribution is 0.398. The zero-order chi connectivity index (χ0) is 13.9. The molecule has 1 fully saturated rings. The van der Waals surface area contributed by atoms with Crippen LogP contribution in [0, 0.1) is 0 Å². The third-order valence-electron chi connectivity index (χ3n) is 3.34. The molecule has 20 heavy (non-hydrogen) atoms. The second kappa shape index (κ2) is 5.77. The zero-order valence-electron chi connectivity index (χ0n) is 11.3. The predicted molar refractivity (Wildman–Crippen MR) is 78.9 cm³/mol. The molecule has 0 unspecified atom stereocenters. The lowest BCUT2D eigenvalue weighted by Gasteiger charge is -2.09. The van der Waals surface area contributed by atoms with Crippen LogP contribution < -0.4 is 10.1 Å². The number of aromatic nitrogens is 2. The third kappa shape index (κ3) is 2.92. The molecule has 0 spiro atoms. The fourth-order valence-corrected chi connectivity index (χ4v) is 2.30. The summed E-state index contributed by atoms with van der Waals surface area (Å²) in [6.45, 7) is 0.807. The molecular weight excluding hydrogens is 274 g/mol. The van der Waals surface area contributed by atoms with E-state index in [1.54, 1.807) is 19.5 Å². The Kier molecular flexibility index (Phi) is 3.85. The minimum absolute atomic E-state index is 0.507. The van der Waals surface area contributed by atoms with Gasteiger partial charge in [0.05, 0.1) is 7.11 Å². The SMILES string of the molecule is COc1nccnc1-c1ccc(CNC2CC2)c(Cl)c1. The predicted octanol–water partition coefficient (Wildman–Crippen LogP) is 3.06. The first-order valence-corrected chi connectivity index (χ1v) is 7.03. The number of ether oxygens (including phenoxy) is 1. The van der Waals surface area contributed by atoms with Gasteiger partial charge in [0.25, 0.3) is 0 Å². The van der Waals surface area contributed by atoms with Crippen LogP contribution in [0.2, 0.25) is 5.02 Å². The minimum Gasteiger partial charge on any atom is -0.479 e. The van der Waals surface area contributed by atoms with E-state index in [-0.39, 0.29) is 0 Å². The summed E-state index contributed by atoms with van der Waals surface area (Å²) in [5.41, 5.74) is 2.72. The Hall–Kier alpha value is -1.65. The lowest BCUT2D eigenvalue weighted by atomic mass is 10.1. The van der Waals surface area contributed by atoms with Gasteiger partial charge >= 0.3 is 0 Å². The molecule has 0 aliphatic heterocycles. The topological polar surface area (TPSA) is 47.0 Å². The van der Waals surface area contributed by atoms with Gasteiger partial charge in [-0.3, -0.25) is 0 Å². The van der Waals surface area contributed by atoms with Crippen LogP contribution in [0.25, 0.3) is 11.3 Å². The fourth-order valence-electron chi connectivity index (χ4n) is 2.05. The van der Waals surface area contributed by atoms with E-state index in [4.69, 9.17) is 16.3 Å². The third-order valence-corrected chi connectivity index (χ3v) is 3.69. The summed E-state index contributed by atoms with van der Waals surface area (Å²) >= 11 is 6.35. The Labute approximate surface area is 123 Å². The average molecular weight is 290 g/mol. The quantitative estimate of drug-likeness (QED) is 0.919. The maximum Gasteiger partial charge on any atom is 0.240 e. The summed E-state index contributed by atoms with van der Waals surface area (Å²) in [6.07, 6.45) is 5.80. The van der Waals surface area contributed by atoms with Gasteiger partial charge in [0.2, 0.25) is 5.88 Å². The van der Waals surface area contributed by atoms with Gasteiger partial charge in [0, 0.05) is 35.6 Å². The van der Waals surface area contributed by atoms with Gasteiger partial charge in [0.1, 0.15) is 5.69 Å². The first kappa shape index (κ1) is 13.3. The first-order chi connectivity index (χ1) is 9.78. The number of hydrogen-bond acceptors (Lipinski definition) is 4. The van der Waals surface area contributed by atoms with Crippen molar-refractivity contribution in [1.82, 2.24) is 15.3 Å². The maximum atomic E-state index is 6.35. The van der Waals surface area contributed by atoms with Crippen molar-refractivity contribution in [3.63, 3.8) is 0 Å². The molecule has 1 aliphatic carbocycles. The molecule has 0 saturated heterocycles. The van der Waals surface area contributed by atoms with Crippen molar-refractivity contribution in [2.75, 3.05) is 7.11 Å². The number of methoxy groups -OCH3 is 1. The monoisotopic (exact) mass is 289 g/mol. The molecular formula is C15H16ClN3O. The van der Waals surface area contributed by atoms with E-state index in [0.717, 1.165) is 22.7 Å². The number of nitrogens with one attached hydrogen (secondary N) is 1. The highest BCUT2D eigenvalue weighted by Gasteiger charge is 2.20. The molecule has 1 N–H and O–H groups in total. The highest BCUT2D eigenvalue weighted by Crippen LogP contribution is 2.29. The Balaban J connectivity index is 1.85. The molecule has 1 heterocycles. The largest absolute Gasteiger partial charge is 0.479 e. The highest BCUT2D eigenvalue weighted by molar-refractivity contribution is 6.31. The number of rotatable bonds is 5. The van der Waals surface area contributed by atoms with E-state index >= 15 is 0 Å². The fraction of sp³-hybridized carbons (Fsp3) is 0.333. The summed E-state index contributed by atoms with van der Waals surface area (Å²) in [5.74, 6) is 0.507. The molecule has 2 aromatic rings. The molecule has 0 atom stereocenters. The normalized spacial score (nSPS) is 14.3. The molecule has 0 radical (unpaired) electrons. The van der Waals surface area contributed by atoms with E-state index in [1.165, 1.54) is 12.8 Å². The van der Waals surface area contributed by atoms with Crippen molar-refractivity contribution in [1.29, 1.82) is 0 Å². The summed E-state index contributed by atoms with van der Waals surface area (Å²) in [7, 11) is 1.59. The number of nitrogens with zero attached hydrogens (tertiary/aromatic N) is 2. The Morgan fingerprint density at radius 3 is 2.80 bits per heavy atom. The maximum absolute atomic E-state index is 6.35. The van der Waals surface area contributed by atoms with Gasteiger partial charge in [-0.15, -0.1) is 0 Å². The molecule has 0 amide bonds. The summed E-state index contributed by atoms with van der Waals surface area (Å²) in [5, 5.41) is 4.20. The van der Waals surface area contributed by atoms with E-state index in [2.05, 4.69) is 15.3 Å². The second-order valence-electron chi connectivity index (χ2n) is 4.88. The van der Waals surface area contributed by atoms with Crippen LogP contribution in [0.1, 0.15) is 18.4 Å². The highest BCUT2D eigenvalue weighted by atomic mass is 35.5. The van der Waals surface area contributed by atoms with Gasteiger partial charge in [-0.05, 0) is 24.5 Å². The van der Waals surface area contributed by atoms with Crippen LogP contribution in [-0.4, -0.2) is 23.1 Å². The van der Waals surface area contributed by atoms with Crippen molar-refractivity contribution < 1.29 is 4.74 Å². The van der Waals surface area contributed by atoms with Crippen LogP contribution in [0.3, 0.4) is 0 Å². The van der Waals surface area contributed by atoms with Gasteiger partial charge < -0.3 is 10.1 Å². The van der Waals surface area contributed by atoms with Crippen LogP contribution in [-0.2, 0) is 6.54 Å². The van der Waals surface area contributed by atoms with Crippen LogP contribution in [0.4, 0.5) is 0 Å². The molecule has 3 rings (SSSR count). The number of halogens is 1. The van der Waals surface area contributed by atoms with E-state index < -0.39 is 0 Å². The average Bonchev–Trinajstić information content (AvgIpc) is 3.30. The van der Waals surface area contributed by atoms with Crippen molar-refractivity contribution in [2.24, 2.45) is 0 Å². The molecule has 104 valence electrons. The van der Waals surface area contributed by atoms with E-state index in [0.29, 0.717) is 17.6 Å². The van der Waals surface area contributed by atoms with Gasteiger partial charge in [-0.1, -0.05) is 23.7 Å². The molecule has 5 heteroatoms. The van der Waals surface area contributed by atoms with Crippen molar-refractivity contribution >= 4 is 11.6 Å². The molecule has 0 bridgehead atoms. The van der Waals surface area contributed by atoms with E-state index in [1.807, 2.05) is 18.2 Å². The number of hydrogen-bond donors (Lipinski definition) is 1. The van der Waals surface area contributed by atoms with Crippen LogP contribution in [0.15, 0.2) is 30.6 Å². The number of benzene rings is 1. The van der Waals surface area contributed by atoms with Gasteiger partial charge in [-0.25, -0.2) is 9.97 Å². The Morgan fingerprint density at radius 2 is 2.10 bits per heavy atom. The van der Waals surface area contributed by atoms with Crippen molar-refractivity contribution in [2.45, 2.75) is 25.4 Å². The smallest absolute Gasteiger partial charge is 0.240 e. The lowest BCUT2D eigenvalue weighted by Crippen LogP contribution is -2.15. The molecule has 1 aromatic carbocycles. The Morgan fingerprint density at radius 1 is 1.30 bits per heavy atom. The summed E-state index contributed by atoms with van der Waals surface area (Å²) < 4.78 is 5.23. The second-order valence-corrected chi connectivity index (χ2v) is 5.28. The molecule has 4 nitrogen and oxygen atoms in total. The molecule has 1 saturated carbocycles. The van der Waals surface area contributed by atoms with Crippen molar-refractivity contribution in [3.8, 4) is 17.1 Å². The summed E-state index contributed by atoms with van der Waals surface area (Å²) in [6, 6.07) is 6.62. The van der Waals surface area contributed by atoms with Crippen LogP contribution >= 0.6 is 11.6 Å². The summed E-state index contributed by atoms with van der Waals surface area (Å²) in [4.78, 5) is 8.47. The van der Waals surface area contributed by atoms with E-state index in [9.17, 15) is 0 Å². The minimum atomic E-state index is 0.507. The zero-order valence-corrected chi connectivity index (χ0v) is 12.0.